The number of thioether (sulfide) groups is 1. The van der Waals surface area contributed by atoms with E-state index in [2.05, 4.69) is 19.1 Å². The summed E-state index contributed by atoms with van der Waals surface area (Å²) in [5, 5.41) is 10.3. The third kappa shape index (κ3) is 3.75. The Balaban J connectivity index is 1.94. The summed E-state index contributed by atoms with van der Waals surface area (Å²) < 4.78 is 0. The SMILES string of the molecule is CC1CCCC(Sc2ccc([C@@H](C)O)cc2)C1. The van der Waals surface area contributed by atoms with Crippen LogP contribution in [0, 0.1) is 5.92 Å². The van der Waals surface area contributed by atoms with Crippen molar-refractivity contribution in [1.82, 2.24) is 0 Å². The molecule has 1 aromatic rings. The highest BCUT2D eigenvalue weighted by atomic mass is 32.2. The number of aliphatic hydroxyl groups is 1. The van der Waals surface area contributed by atoms with Crippen LogP contribution in [0.2, 0.25) is 0 Å². The molecule has 1 N–H and O–H groups in total. The molecule has 0 aliphatic heterocycles. The molecule has 2 unspecified atom stereocenters. The Labute approximate surface area is 109 Å². The lowest BCUT2D eigenvalue weighted by atomic mass is 9.91. The van der Waals surface area contributed by atoms with Crippen molar-refractivity contribution in [3.05, 3.63) is 29.8 Å². The lowest BCUT2D eigenvalue weighted by Crippen LogP contribution is -2.14. The van der Waals surface area contributed by atoms with Gasteiger partial charge < -0.3 is 5.11 Å². The van der Waals surface area contributed by atoms with Gasteiger partial charge >= 0.3 is 0 Å². The summed E-state index contributed by atoms with van der Waals surface area (Å²) in [6.07, 6.45) is 5.13. The fourth-order valence-corrected chi connectivity index (χ4v) is 3.89. The van der Waals surface area contributed by atoms with Crippen LogP contribution in [0.25, 0.3) is 0 Å². The zero-order valence-electron chi connectivity index (χ0n) is 10.7. The predicted molar refractivity (Wildman–Crippen MR) is 74.4 cm³/mol. The van der Waals surface area contributed by atoms with Crippen LogP contribution in [0.4, 0.5) is 0 Å². The highest BCUT2D eigenvalue weighted by Gasteiger charge is 2.19. The van der Waals surface area contributed by atoms with Gasteiger partial charge in [-0.1, -0.05) is 31.9 Å². The molecule has 0 radical (unpaired) electrons. The molecule has 1 fully saturated rings. The standard InChI is InChI=1S/C15H22OS/c1-11-4-3-5-15(10-11)17-14-8-6-13(7-9-14)12(2)16/h6-9,11-12,15-16H,3-5,10H2,1-2H3/t11?,12-,15?/m1/s1. The van der Waals surface area contributed by atoms with E-state index in [1.54, 1.807) is 0 Å². The quantitative estimate of drug-likeness (QED) is 0.857. The van der Waals surface area contributed by atoms with Crippen molar-refractivity contribution in [2.75, 3.05) is 0 Å². The summed E-state index contributed by atoms with van der Waals surface area (Å²) in [5.74, 6) is 0.887. The van der Waals surface area contributed by atoms with Gasteiger partial charge in [-0.25, -0.2) is 0 Å². The molecule has 1 saturated carbocycles. The van der Waals surface area contributed by atoms with Crippen molar-refractivity contribution < 1.29 is 5.11 Å². The number of rotatable bonds is 3. The average molecular weight is 250 g/mol. The Morgan fingerprint density at radius 1 is 1.24 bits per heavy atom. The summed E-state index contributed by atoms with van der Waals surface area (Å²) >= 11 is 2.01. The summed E-state index contributed by atoms with van der Waals surface area (Å²) in [4.78, 5) is 1.34. The second-order valence-corrected chi connectivity index (χ2v) is 6.63. The van der Waals surface area contributed by atoms with Gasteiger partial charge in [-0.3, -0.25) is 0 Å². The van der Waals surface area contributed by atoms with Crippen molar-refractivity contribution in [1.29, 1.82) is 0 Å². The van der Waals surface area contributed by atoms with Crippen LogP contribution in [-0.2, 0) is 0 Å². The first-order valence-electron chi connectivity index (χ1n) is 6.60. The lowest BCUT2D eigenvalue weighted by molar-refractivity contribution is 0.199. The van der Waals surface area contributed by atoms with Gasteiger partial charge in [0.15, 0.2) is 0 Å². The molecule has 0 amide bonds. The number of aliphatic hydroxyl groups excluding tert-OH is 1. The lowest BCUT2D eigenvalue weighted by Gasteiger charge is -2.26. The summed E-state index contributed by atoms with van der Waals surface area (Å²) in [5.41, 5.74) is 1.01. The summed E-state index contributed by atoms with van der Waals surface area (Å²) in [6, 6.07) is 8.37. The molecule has 0 aromatic heterocycles. The molecule has 2 heteroatoms. The maximum absolute atomic E-state index is 9.46. The van der Waals surface area contributed by atoms with Crippen LogP contribution in [0.1, 0.15) is 51.2 Å². The molecular formula is C15H22OS. The largest absolute Gasteiger partial charge is 0.389 e. The Kier molecular flexibility index (Phi) is 4.52. The van der Waals surface area contributed by atoms with Crippen LogP contribution in [-0.4, -0.2) is 10.4 Å². The fourth-order valence-electron chi connectivity index (χ4n) is 2.50. The number of benzene rings is 1. The molecule has 1 aliphatic carbocycles. The molecule has 94 valence electrons. The zero-order valence-corrected chi connectivity index (χ0v) is 11.5. The maximum Gasteiger partial charge on any atom is 0.0761 e. The highest BCUT2D eigenvalue weighted by Crippen LogP contribution is 2.36. The molecule has 1 aromatic carbocycles. The Morgan fingerprint density at radius 2 is 1.94 bits per heavy atom. The minimum atomic E-state index is -0.358. The molecule has 1 aliphatic rings. The maximum atomic E-state index is 9.46. The van der Waals surface area contributed by atoms with E-state index >= 15 is 0 Å². The number of hydrogen-bond acceptors (Lipinski definition) is 2. The van der Waals surface area contributed by atoms with E-state index in [-0.39, 0.29) is 6.10 Å². The highest BCUT2D eigenvalue weighted by molar-refractivity contribution is 8.00. The molecular weight excluding hydrogens is 228 g/mol. The molecule has 1 nitrogen and oxygen atoms in total. The van der Waals surface area contributed by atoms with E-state index in [1.165, 1.54) is 30.6 Å². The molecule has 0 bridgehead atoms. The van der Waals surface area contributed by atoms with E-state index in [0.29, 0.717) is 0 Å². The monoisotopic (exact) mass is 250 g/mol. The van der Waals surface area contributed by atoms with Gasteiger partial charge in [0.2, 0.25) is 0 Å². The minimum absolute atomic E-state index is 0.358. The van der Waals surface area contributed by atoms with Gasteiger partial charge in [0.1, 0.15) is 0 Å². The van der Waals surface area contributed by atoms with Gasteiger partial charge in [0, 0.05) is 10.1 Å². The average Bonchev–Trinajstić information content (AvgIpc) is 2.29. The first-order valence-corrected chi connectivity index (χ1v) is 7.48. The van der Waals surface area contributed by atoms with Gasteiger partial charge in [0.25, 0.3) is 0 Å². The van der Waals surface area contributed by atoms with Gasteiger partial charge in [-0.05, 0) is 43.4 Å². The third-order valence-electron chi connectivity index (χ3n) is 3.55. The van der Waals surface area contributed by atoms with E-state index in [9.17, 15) is 5.11 Å². The third-order valence-corrected chi connectivity index (χ3v) is 4.86. The second-order valence-electron chi connectivity index (χ2n) is 5.26. The Bertz CT molecular complexity index is 344. The fraction of sp³-hybridized carbons (Fsp3) is 0.600. The minimum Gasteiger partial charge on any atom is -0.389 e. The van der Waals surface area contributed by atoms with Gasteiger partial charge in [-0.15, -0.1) is 11.8 Å². The van der Waals surface area contributed by atoms with Crippen LogP contribution in [0.5, 0.6) is 0 Å². The summed E-state index contributed by atoms with van der Waals surface area (Å²) in [6.45, 7) is 4.17. The first-order chi connectivity index (χ1) is 8.15. The first kappa shape index (κ1) is 13.0. The van der Waals surface area contributed by atoms with Crippen molar-refractivity contribution >= 4 is 11.8 Å². The van der Waals surface area contributed by atoms with Crippen LogP contribution >= 0.6 is 11.8 Å². The van der Waals surface area contributed by atoms with E-state index in [4.69, 9.17) is 0 Å². The smallest absolute Gasteiger partial charge is 0.0761 e. The number of hydrogen-bond donors (Lipinski definition) is 1. The Hall–Kier alpha value is -0.470. The molecule has 0 heterocycles. The predicted octanol–water partition coefficient (Wildman–Crippen LogP) is 4.41. The van der Waals surface area contributed by atoms with Crippen LogP contribution in [0.3, 0.4) is 0 Å². The van der Waals surface area contributed by atoms with E-state index in [1.807, 2.05) is 30.8 Å². The van der Waals surface area contributed by atoms with Gasteiger partial charge in [-0.2, -0.15) is 0 Å². The zero-order chi connectivity index (χ0) is 12.3. The van der Waals surface area contributed by atoms with E-state index in [0.717, 1.165) is 16.7 Å². The normalized spacial score (nSPS) is 26.8. The topological polar surface area (TPSA) is 20.2 Å². The van der Waals surface area contributed by atoms with Crippen LogP contribution in [0.15, 0.2) is 29.2 Å². The summed E-state index contributed by atoms with van der Waals surface area (Å²) in [7, 11) is 0. The van der Waals surface area contributed by atoms with Crippen LogP contribution < -0.4 is 0 Å². The molecule has 17 heavy (non-hydrogen) atoms. The van der Waals surface area contributed by atoms with Crippen molar-refractivity contribution in [3.63, 3.8) is 0 Å². The second kappa shape index (κ2) is 5.92. The molecule has 0 spiro atoms. The molecule has 3 atom stereocenters. The van der Waals surface area contributed by atoms with Gasteiger partial charge in [0.05, 0.1) is 6.10 Å². The Morgan fingerprint density at radius 3 is 2.53 bits per heavy atom. The van der Waals surface area contributed by atoms with Crippen molar-refractivity contribution in [3.8, 4) is 0 Å². The van der Waals surface area contributed by atoms with Crippen molar-refractivity contribution in [2.45, 2.75) is 55.8 Å². The van der Waals surface area contributed by atoms with E-state index < -0.39 is 0 Å². The van der Waals surface area contributed by atoms with Crippen molar-refractivity contribution in [2.24, 2.45) is 5.92 Å². The molecule has 2 rings (SSSR count). The molecule has 0 saturated heterocycles.